The lowest BCUT2D eigenvalue weighted by Gasteiger charge is -2.36. The van der Waals surface area contributed by atoms with Crippen molar-refractivity contribution in [2.24, 2.45) is 0 Å². The van der Waals surface area contributed by atoms with E-state index in [-0.39, 0.29) is 16.2 Å². The average molecular weight is 1430 g/mol. The summed E-state index contributed by atoms with van der Waals surface area (Å²) in [5.74, 6) is 0. The first-order chi connectivity index (χ1) is 50.7. The van der Waals surface area contributed by atoms with Crippen LogP contribution < -0.4 is 14.7 Å². The van der Waals surface area contributed by atoms with E-state index in [2.05, 4.69) is 303 Å². The van der Waals surface area contributed by atoms with Crippen molar-refractivity contribution in [1.82, 2.24) is 0 Å². The van der Waals surface area contributed by atoms with Gasteiger partial charge in [-0.1, -0.05) is 321 Å². The van der Waals surface area contributed by atoms with E-state index in [1.807, 2.05) is 0 Å². The molecule has 534 valence electrons. The van der Waals surface area contributed by atoms with Crippen molar-refractivity contribution in [3.05, 3.63) is 268 Å². The molecule has 0 spiro atoms. The Morgan fingerprint density at radius 1 is 0.204 bits per heavy atom. The number of benzene rings is 10. The molecule has 0 radical (unpaired) electrons. The van der Waals surface area contributed by atoms with Crippen LogP contribution >= 0.6 is 15.9 Å². The number of hydrogen-bond acceptors (Lipinski definition) is 3. The quantitative estimate of drug-likeness (QED) is 0.0356. The van der Waals surface area contributed by atoms with E-state index in [9.17, 15) is 0 Å². The monoisotopic (exact) mass is 1430 g/mol. The van der Waals surface area contributed by atoms with Crippen molar-refractivity contribution in [2.75, 3.05) is 14.7 Å². The fourth-order valence-electron chi connectivity index (χ4n) is 18.9. The van der Waals surface area contributed by atoms with Crippen molar-refractivity contribution in [3.63, 3.8) is 0 Å². The highest BCUT2D eigenvalue weighted by molar-refractivity contribution is 9.10. The highest BCUT2D eigenvalue weighted by Crippen LogP contribution is 2.62. The van der Waals surface area contributed by atoms with Crippen molar-refractivity contribution >= 4 is 67.1 Å². The van der Waals surface area contributed by atoms with Crippen LogP contribution in [-0.4, -0.2) is 0 Å². The Morgan fingerprint density at radius 2 is 0.398 bits per heavy atom. The molecular formula is C99H116BrN3. The zero-order valence-corrected chi connectivity index (χ0v) is 65.0. The summed E-state index contributed by atoms with van der Waals surface area (Å²) in [6, 6.07) is 90.4. The van der Waals surface area contributed by atoms with Gasteiger partial charge >= 0.3 is 0 Å². The van der Waals surface area contributed by atoms with Gasteiger partial charge in [0.1, 0.15) is 0 Å². The third-order valence-electron chi connectivity index (χ3n) is 24.1. The van der Waals surface area contributed by atoms with Crippen LogP contribution in [-0.2, 0) is 16.2 Å². The number of nitrogens with zero attached hydrogens (tertiary/aromatic N) is 3. The fraction of sp³-hybridized carbons (Fsp3) is 0.394. The molecule has 13 rings (SSSR count). The predicted octanol–water partition coefficient (Wildman–Crippen LogP) is 31.5. The summed E-state index contributed by atoms with van der Waals surface area (Å²) < 4.78 is 1.19. The average Bonchev–Trinajstić information content (AvgIpc) is 1.57. The summed E-state index contributed by atoms with van der Waals surface area (Å²) in [5, 5.41) is 0. The fourth-order valence-corrected chi connectivity index (χ4v) is 19.2. The Balaban J connectivity index is 1.05. The van der Waals surface area contributed by atoms with Crippen LogP contribution in [0, 0.1) is 0 Å². The minimum Gasteiger partial charge on any atom is -0.310 e. The third-order valence-corrected chi connectivity index (χ3v) is 24.5. The molecule has 10 aromatic carbocycles. The zero-order valence-electron chi connectivity index (χ0n) is 63.4. The number of halogens is 1. The van der Waals surface area contributed by atoms with Crippen LogP contribution in [0.2, 0.25) is 0 Å². The van der Waals surface area contributed by atoms with Crippen LogP contribution in [0.25, 0.3) is 33.4 Å². The second-order valence-electron chi connectivity index (χ2n) is 30.8. The Labute approximate surface area is 629 Å². The molecule has 3 aliphatic carbocycles. The lowest BCUT2D eigenvalue weighted by molar-refractivity contribution is 0.400. The van der Waals surface area contributed by atoms with Gasteiger partial charge in [-0.3, -0.25) is 0 Å². The van der Waals surface area contributed by atoms with Gasteiger partial charge < -0.3 is 14.7 Å². The van der Waals surface area contributed by atoms with Gasteiger partial charge in [0.15, 0.2) is 0 Å². The van der Waals surface area contributed by atoms with Crippen molar-refractivity contribution in [2.45, 2.75) is 250 Å². The molecule has 0 amide bonds. The Hall–Kier alpha value is -7.92. The lowest BCUT2D eigenvalue weighted by Crippen LogP contribution is -2.27. The summed E-state index contributed by atoms with van der Waals surface area (Å²) in [7, 11) is 0. The minimum atomic E-state index is -0.196. The molecule has 3 nitrogen and oxygen atoms in total. The summed E-state index contributed by atoms with van der Waals surface area (Å²) in [4.78, 5) is 7.77. The molecule has 0 aromatic heterocycles. The molecule has 0 saturated heterocycles. The number of para-hydroxylation sites is 4. The second-order valence-corrected chi connectivity index (χ2v) is 31.7. The van der Waals surface area contributed by atoms with Crippen molar-refractivity contribution < 1.29 is 0 Å². The molecule has 10 aromatic rings. The number of hydrogen-bond donors (Lipinski definition) is 0. The van der Waals surface area contributed by atoms with E-state index >= 15 is 0 Å². The van der Waals surface area contributed by atoms with E-state index in [4.69, 9.17) is 0 Å². The smallest absolute Gasteiger partial charge is 0.0465 e. The summed E-state index contributed by atoms with van der Waals surface area (Å²) in [6.45, 7) is 14.2. The maximum Gasteiger partial charge on any atom is 0.0465 e. The van der Waals surface area contributed by atoms with Gasteiger partial charge in [0, 0.05) is 71.9 Å². The molecular weight excluding hydrogens is 1310 g/mol. The van der Waals surface area contributed by atoms with Crippen LogP contribution in [0.3, 0.4) is 0 Å². The van der Waals surface area contributed by atoms with Crippen LogP contribution in [0.5, 0.6) is 0 Å². The van der Waals surface area contributed by atoms with Gasteiger partial charge in [-0.25, -0.2) is 0 Å². The van der Waals surface area contributed by atoms with Gasteiger partial charge in [0.2, 0.25) is 0 Å². The molecule has 4 heteroatoms. The van der Waals surface area contributed by atoms with E-state index in [0.717, 1.165) is 38.5 Å². The third kappa shape index (κ3) is 15.3. The second kappa shape index (κ2) is 34.8. The topological polar surface area (TPSA) is 9.72 Å². The van der Waals surface area contributed by atoms with E-state index < -0.39 is 0 Å². The van der Waals surface area contributed by atoms with Gasteiger partial charge in [0.25, 0.3) is 0 Å². The molecule has 0 atom stereocenters. The molecule has 0 saturated carbocycles. The van der Waals surface area contributed by atoms with Crippen molar-refractivity contribution in [3.8, 4) is 33.4 Å². The predicted molar refractivity (Wildman–Crippen MR) is 449 cm³/mol. The summed E-state index contributed by atoms with van der Waals surface area (Å²) in [5.41, 5.74) is 28.1. The Kier molecular flexibility index (Phi) is 24.8. The highest BCUT2D eigenvalue weighted by atomic mass is 79.9. The molecule has 0 heterocycles. The number of fused-ring (bicyclic) bond motifs is 9. The van der Waals surface area contributed by atoms with Gasteiger partial charge in [0.05, 0.1) is 0 Å². The summed E-state index contributed by atoms with van der Waals surface area (Å²) >= 11 is 4.08. The molecule has 0 N–H and O–H groups in total. The van der Waals surface area contributed by atoms with Gasteiger partial charge in [-0.05, 0) is 227 Å². The lowest BCUT2D eigenvalue weighted by atomic mass is 9.70. The molecule has 3 aliphatic rings. The normalized spacial score (nSPS) is 13.8. The maximum absolute atomic E-state index is 4.08. The molecule has 0 unspecified atom stereocenters. The van der Waals surface area contributed by atoms with Crippen LogP contribution in [0.1, 0.15) is 268 Å². The Bertz CT molecular complexity index is 4030. The maximum atomic E-state index is 4.08. The first-order valence-corrected chi connectivity index (χ1v) is 41.7. The first kappa shape index (κ1) is 73.4. The van der Waals surface area contributed by atoms with E-state index in [1.165, 1.54) is 277 Å². The molecule has 0 fully saturated rings. The summed E-state index contributed by atoms with van der Waals surface area (Å²) in [6.07, 6.45) is 36.5. The van der Waals surface area contributed by atoms with Gasteiger partial charge in [-0.2, -0.15) is 0 Å². The van der Waals surface area contributed by atoms with Crippen LogP contribution in [0.15, 0.2) is 235 Å². The minimum absolute atomic E-state index is 0.106. The van der Waals surface area contributed by atoms with Gasteiger partial charge in [-0.15, -0.1) is 0 Å². The Morgan fingerprint density at radius 3 is 0.612 bits per heavy atom. The number of rotatable bonds is 39. The van der Waals surface area contributed by atoms with Crippen molar-refractivity contribution in [1.29, 1.82) is 0 Å². The number of anilines is 9. The SMILES string of the molecule is CCCCCCC1(CCCCCC)c2cc(Br)ccc2-c2ccc(N(c3ccc4c(c3)C(CCCCCC)(CCCCCC)c3cc(N(c5ccccc5)c5ccccc5)ccc3-4)c3ccc4c(c3)C(CCCCCC)(CCCCCC)c3cc(N(c5ccccc5)c5ccccc5)ccc3-4)cc21. The largest absolute Gasteiger partial charge is 0.310 e. The zero-order chi connectivity index (χ0) is 71.0. The standard InChI is InChI=1S/C99H116BrN3/c1-7-13-19-37-63-97(64-38-20-14-8-2)91-69-75(100)51-57-85(91)86-60-54-82(72-92(86)97)103(83-55-61-89-87-58-52-80(101(76-43-29-25-30-44-76)77-45-31-26-32-46-77)70-93(87)98(95(89)73-83,65-39-21-15-9-3)66-40-22-16-10-4)84-56-62-90-88-59-53-81(102(78-47-33-27-34-48-78)79-49-35-28-36-50-79)71-94(88)99(96(90)74-84,67-41-23-17-11-5)68-42-24-18-12-6/h25-36,43-62,69-74H,7-24,37-42,63-68H2,1-6H3. The molecule has 103 heavy (non-hydrogen) atoms. The van der Waals surface area contributed by atoms with E-state index in [1.54, 1.807) is 0 Å². The molecule has 0 bridgehead atoms. The first-order valence-electron chi connectivity index (χ1n) is 40.9. The number of unbranched alkanes of at least 4 members (excludes halogenated alkanes) is 18. The molecule has 0 aliphatic heterocycles. The van der Waals surface area contributed by atoms with Crippen LogP contribution in [0.4, 0.5) is 51.2 Å². The highest BCUT2D eigenvalue weighted by Gasteiger charge is 2.47. The van der Waals surface area contributed by atoms with E-state index in [0.29, 0.717) is 0 Å².